The molecule has 86 valence electrons. The molecule has 0 amide bonds. The molecule has 3 heteroatoms. The van der Waals surface area contributed by atoms with Crippen LogP contribution in [0.25, 0.3) is 0 Å². The van der Waals surface area contributed by atoms with Crippen LogP contribution in [-0.2, 0) is 4.79 Å². The highest BCUT2D eigenvalue weighted by molar-refractivity contribution is 5.79. The van der Waals surface area contributed by atoms with Crippen molar-refractivity contribution in [3.8, 4) is 0 Å². The Balaban J connectivity index is 2.03. The highest BCUT2D eigenvalue weighted by Crippen LogP contribution is 2.31. The molecule has 0 aromatic carbocycles. The van der Waals surface area contributed by atoms with Crippen LogP contribution in [0.1, 0.15) is 39.0 Å². The summed E-state index contributed by atoms with van der Waals surface area (Å²) in [5.41, 5.74) is 0. The van der Waals surface area contributed by atoms with Crippen molar-refractivity contribution in [2.75, 3.05) is 13.2 Å². The van der Waals surface area contributed by atoms with E-state index in [4.69, 9.17) is 0 Å². The lowest BCUT2D eigenvalue weighted by molar-refractivity contribution is -0.123. The number of hydrogen-bond acceptors (Lipinski definition) is 3. The third-order valence-electron chi connectivity index (χ3n) is 4.03. The molecule has 0 spiro atoms. The van der Waals surface area contributed by atoms with Crippen molar-refractivity contribution in [2.45, 2.75) is 51.1 Å². The molecule has 1 aliphatic heterocycles. The number of Topliss-reactive ketones (excluding diaryl/α,β-unsaturated/α-hetero) is 1. The highest BCUT2D eigenvalue weighted by atomic mass is 16.3. The zero-order valence-corrected chi connectivity index (χ0v) is 9.48. The Morgan fingerprint density at radius 1 is 1.47 bits per heavy atom. The van der Waals surface area contributed by atoms with Crippen molar-refractivity contribution < 1.29 is 9.90 Å². The Labute approximate surface area is 91.5 Å². The van der Waals surface area contributed by atoms with E-state index in [1.807, 2.05) is 0 Å². The number of rotatable bonds is 2. The first kappa shape index (κ1) is 11.1. The minimum absolute atomic E-state index is 0.247. The highest BCUT2D eigenvalue weighted by Gasteiger charge is 2.36. The second kappa shape index (κ2) is 4.62. The van der Waals surface area contributed by atoms with Crippen molar-refractivity contribution in [1.82, 2.24) is 4.90 Å². The molecule has 1 saturated heterocycles. The molecule has 2 fully saturated rings. The van der Waals surface area contributed by atoms with Crippen LogP contribution in [0.2, 0.25) is 0 Å². The van der Waals surface area contributed by atoms with Crippen molar-refractivity contribution in [3.63, 3.8) is 0 Å². The van der Waals surface area contributed by atoms with Gasteiger partial charge in [-0.1, -0.05) is 6.92 Å². The van der Waals surface area contributed by atoms with E-state index in [9.17, 15) is 9.90 Å². The van der Waals surface area contributed by atoms with Crippen LogP contribution in [0, 0.1) is 5.92 Å². The van der Waals surface area contributed by atoms with E-state index in [-0.39, 0.29) is 6.61 Å². The number of ketones is 1. The van der Waals surface area contributed by atoms with Crippen molar-refractivity contribution >= 4 is 5.78 Å². The van der Waals surface area contributed by atoms with Crippen molar-refractivity contribution in [2.24, 2.45) is 5.92 Å². The molecule has 0 radical (unpaired) electrons. The van der Waals surface area contributed by atoms with Crippen LogP contribution in [0.3, 0.4) is 0 Å². The normalized spacial score (nSPS) is 38.5. The van der Waals surface area contributed by atoms with Gasteiger partial charge in [-0.15, -0.1) is 0 Å². The summed E-state index contributed by atoms with van der Waals surface area (Å²) in [4.78, 5) is 13.9. The minimum atomic E-state index is 0.247. The second-order valence-electron chi connectivity index (χ2n) is 5.04. The van der Waals surface area contributed by atoms with Crippen LogP contribution in [-0.4, -0.2) is 41.0 Å². The zero-order valence-electron chi connectivity index (χ0n) is 9.48. The predicted molar refractivity (Wildman–Crippen MR) is 58.6 cm³/mol. The molecular weight excluding hydrogens is 190 g/mol. The Bertz CT molecular complexity index is 242. The van der Waals surface area contributed by atoms with E-state index >= 15 is 0 Å². The van der Waals surface area contributed by atoms with E-state index in [1.165, 1.54) is 6.42 Å². The number of hydrogen-bond donors (Lipinski definition) is 1. The average Bonchev–Trinajstić information content (AvgIpc) is 2.69. The summed E-state index contributed by atoms with van der Waals surface area (Å²) >= 11 is 0. The van der Waals surface area contributed by atoms with Gasteiger partial charge in [0.1, 0.15) is 5.78 Å². The summed E-state index contributed by atoms with van der Waals surface area (Å²) in [5.74, 6) is 1.01. The fourth-order valence-electron chi connectivity index (χ4n) is 3.05. The van der Waals surface area contributed by atoms with Crippen LogP contribution in [0.5, 0.6) is 0 Å². The Morgan fingerprint density at radius 2 is 2.27 bits per heavy atom. The maximum Gasteiger partial charge on any atom is 0.134 e. The van der Waals surface area contributed by atoms with E-state index in [0.717, 1.165) is 25.8 Å². The molecule has 3 nitrogen and oxygen atoms in total. The monoisotopic (exact) mass is 211 g/mol. The molecule has 2 rings (SSSR count). The van der Waals surface area contributed by atoms with Gasteiger partial charge in [0.2, 0.25) is 0 Å². The summed E-state index contributed by atoms with van der Waals surface area (Å²) in [7, 11) is 0. The van der Waals surface area contributed by atoms with Gasteiger partial charge in [-0.2, -0.15) is 0 Å². The number of aliphatic hydroxyl groups is 1. The Morgan fingerprint density at radius 3 is 3.00 bits per heavy atom. The van der Waals surface area contributed by atoms with Gasteiger partial charge in [-0.3, -0.25) is 9.69 Å². The Hall–Kier alpha value is -0.410. The van der Waals surface area contributed by atoms with Gasteiger partial charge in [0.05, 0.1) is 6.61 Å². The fraction of sp³-hybridized carbons (Fsp3) is 0.917. The zero-order chi connectivity index (χ0) is 10.8. The quantitative estimate of drug-likeness (QED) is 0.746. The molecule has 1 N–H and O–H groups in total. The van der Waals surface area contributed by atoms with Gasteiger partial charge < -0.3 is 5.11 Å². The summed E-state index contributed by atoms with van der Waals surface area (Å²) in [6.07, 6.45) is 4.75. The smallest absolute Gasteiger partial charge is 0.134 e. The first-order valence-electron chi connectivity index (χ1n) is 6.10. The molecule has 0 aromatic rings. The van der Waals surface area contributed by atoms with Crippen LogP contribution in [0.15, 0.2) is 0 Å². The first-order valence-corrected chi connectivity index (χ1v) is 6.10. The van der Waals surface area contributed by atoms with Gasteiger partial charge in [-0.05, 0) is 31.7 Å². The summed E-state index contributed by atoms with van der Waals surface area (Å²) in [5, 5.41) is 9.29. The van der Waals surface area contributed by atoms with Crippen LogP contribution >= 0.6 is 0 Å². The molecule has 2 unspecified atom stereocenters. The standard InChI is InChI=1S/C12H21NO2/c1-9-4-5-11(15)7-12(9)13-6-2-3-10(13)8-14/h9-10,12,14H,2-8H2,1H3/t9?,10-,12?/m0/s1. The molecule has 0 bridgehead atoms. The molecule has 1 saturated carbocycles. The van der Waals surface area contributed by atoms with Gasteiger partial charge in [0.25, 0.3) is 0 Å². The minimum Gasteiger partial charge on any atom is -0.395 e. The molecule has 15 heavy (non-hydrogen) atoms. The number of aliphatic hydroxyl groups excluding tert-OH is 1. The second-order valence-corrected chi connectivity index (χ2v) is 5.04. The molecule has 1 aliphatic carbocycles. The summed E-state index contributed by atoms with van der Waals surface area (Å²) in [6, 6.07) is 0.703. The third kappa shape index (κ3) is 2.23. The number of carbonyl (C=O) groups excluding carboxylic acids is 1. The number of carbonyl (C=O) groups is 1. The summed E-state index contributed by atoms with van der Waals surface area (Å²) in [6.45, 7) is 3.55. The van der Waals surface area contributed by atoms with Crippen LogP contribution < -0.4 is 0 Å². The van der Waals surface area contributed by atoms with Gasteiger partial charge in [0.15, 0.2) is 0 Å². The predicted octanol–water partition coefficient (Wildman–Crippen LogP) is 1.20. The maximum atomic E-state index is 11.5. The third-order valence-corrected chi connectivity index (χ3v) is 4.03. The number of nitrogens with zero attached hydrogens (tertiary/aromatic N) is 1. The fourth-order valence-corrected chi connectivity index (χ4v) is 3.05. The molecular formula is C12H21NO2. The largest absolute Gasteiger partial charge is 0.395 e. The molecule has 0 aromatic heterocycles. The van der Waals surface area contributed by atoms with Crippen LogP contribution in [0.4, 0.5) is 0 Å². The average molecular weight is 211 g/mol. The van der Waals surface area contributed by atoms with Crippen molar-refractivity contribution in [1.29, 1.82) is 0 Å². The molecule has 3 atom stereocenters. The van der Waals surface area contributed by atoms with Gasteiger partial charge in [-0.25, -0.2) is 0 Å². The lowest BCUT2D eigenvalue weighted by atomic mass is 9.84. The lowest BCUT2D eigenvalue weighted by Gasteiger charge is -2.38. The van der Waals surface area contributed by atoms with E-state index < -0.39 is 0 Å². The summed E-state index contributed by atoms with van der Waals surface area (Å²) < 4.78 is 0. The lowest BCUT2D eigenvalue weighted by Crippen LogP contribution is -2.47. The maximum absolute atomic E-state index is 11.5. The first-order chi connectivity index (χ1) is 7.22. The SMILES string of the molecule is CC1CCC(=O)CC1N1CCC[C@H]1CO. The number of likely N-dealkylation sites (tertiary alicyclic amines) is 1. The van der Waals surface area contributed by atoms with E-state index in [0.29, 0.717) is 30.2 Å². The Kier molecular flexibility index (Phi) is 3.42. The molecule has 2 aliphatic rings. The van der Waals surface area contributed by atoms with E-state index in [1.54, 1.807) is 0 Å². The molecule has 1 heterocycles. The topological polar surface area (TPSA) is 40.5 Å². The van der Waals surface area contributed by atoms with Gasteiger partial charge in [0, 0.05) is 24.9 Å². The van der Waals surface area contributed by atoms with Crippen molar-refractivity contribution in [3.05, 3.63) is 0 Å². The van der Waals surface area contributed by atoms with E-state index in [2.05, 4.69) is 11.8 Å². The van der Waals surface area contributed by atoms with Gasteiger partial charge >= 0.3 is 0 Å².